The molecule has 5 rings (SSSR count). The molecule has 9 nitrogen and oxygen atoms in total. The van der Waals surface area contributed by atoms with Gasteiger partial charge in [-0.2, -0.15) is 0 Å². The van der Waals surface area contributed by atoms with Crippen molar-refractivity contribution in [2.24, 2.45) is 0 Å². The first-order chi connectivity index (χ1) is 16.9. The zero-order valence-corrected chi connectivity index (χ0v) is 19.2. The molecule has 9 heteroatoms. The number of hydrogen-bond donors (Lipinski definition) is 3. The number of aliphatic hydroxyl groups is 1. The van der Waals surface area contributed by atoms with Gasteiger partial charge in [0.2, 0.25) is 17.7 Å². The number of hydrogen-bond acceptors (Lipinski definition) is 6. The molecule has 2 aromatic rings. The molecule has 1 saturated heterocycles. The number of imide groups is 1. The Balaban J connectivity index is 1.24. The van der Waals surface area contributed by atoms with Gasteiger partial charge in [-0.1, -0.05) is 18.2 Å². The lowest BCUT2D eigenvalue weighted by Gasteiger charge is -2.29. The van der Waals surface area contributed by atoms with Crippen LogP contribution in [0, 0.1) is 0 Å². The molecule has 3 aliphatic rings. The van der Waals surface area contributed by atoms with E-state index in [2.05, 4.69) is 10.6 Å². The summed E-state index contributed by atoms with van der Waals surface area (Å²) in [5.74, 6) is -0.0542. The van der Waals surface area contributed by atoms with Crippen LogP contribution in [0.1, 0.15) is 58.6 Å². The van der Waals surface area contributed by atoms with Crippen molar-refractivity contribution in [3.05, 3.63) is 58.7 Å². The summed E-state index contributed by atoms with van der Waals surface area (Å²) in [4.78, 5) is 50.7. The fourth-order valence-corrected chi connectivity index (χ4v) is 4.75. The first-order valence-corrected chi connectivity index (χ1v) is 11.9. The first kappa shape index (κ1) is 23.0. The standard InChI is InChI=1S/C26H27N3O6/c30-9-10-35-22-13-18(4-6-19(22)16-2-3-16)27-24(32)12-15-1-5-20-17(11-15)14-29(26(20)34)21-7-8-23(31)28-25(21)33/h1,4-6,11,13,16,21,30H,2-3,7-10,12,14H2,(H,27,32)(H,28,31,33). The number of amides is 4. The largest absolute Gasteiger partial charge is 0.491 e. The Morgan fingerprint density at radius 2 is 1.94 bits per heavy atom. The summed E-state index contributed by atoms with van der Waals surface area (Å²) in [6.07, 6.45) is 2.86. The molecule has 3 N–H and O–H groups in total. The van der Waals surface area contributed by atoms with Crippen LogP contribution in [0.3, 0.4) is 0 Å². The minimum Gasteiger partial charge on any atom is -0.491 e. The van der Waals surface area contributed by atoms with E-state index in [0.717, 1.165) is 29.5 Å². The first-order valence-electron chi connectivity index (χ1n) is 11.9. The fraction of sp³-hybridized carbons (Fsp3) is 0.385. The molecule has 2 aromatic carbocycles. The van der Waals surface area contributed by atoms with Crippen LogP contribution in [0.4, 0.5) is 5.69 Å². The van der Waals surface area contributed by atoms with Crippen molar-refractivity contribution < 1.29 is 29.0 Å². The summed E-state index contributed by atoms with van der Waals surface area (Å²) in [5, 5.41) is 14.3. The van der Waals surface area contributed by atoms with Gasteiger partial charge in [0.15, 0.2) is 0 Å². The van der Waals surface area contributed by atoms with Gasteiger partial charge in [-0.25, -0.2) is 0 Å². The lowest BCUT2D eigenvalue weighted by Crippen LogP contribution is -2.52. The lowest BCUT2D eigenvalue weighted by molar-refractivity contribution is -0.137. The van der Waals surface area contributed by atoms with Crippen LogP contribution in [0.5, 0.6) is 5.75 Å². The maximum atomic E-state index is 12.8. The average Bonchev–Trinajstić information content (AvgIpc) is 3.62. The Kier molecular flexibility index (Phi) is 6.25. The molecule has 1 unspecified atom stereocenters. The average molecular weight is 478 g/mol. The number of carbonyl (C=O) groups is 4. The van der Waals surface area contributed by atoms with Gasteiger partial charge in [-0.05, 0) is 54.0 Å². The summed E-state index contributed by atoms with van der Waals surface area (Å²) >= 11 is 0. The van der Waals surface area contributed by atoms with E-state index in [4.69, 9.17) is 9.84 Å². The maximum absolute atomic E-state index is 12.8. The molecular weight excluding hydrogens is 450 g/mol. The molecule has 1 aliphatic carbocycles. The molecule has 2 aliphatic heterocycles. The van der Waals surface area contributed by atoms with E-state index in [1.54, 1.807) is 18.2 Å². The van der Waals surface area contributed by atoms with Gasteiger partial charge in [0, 0.05) is 30.3 Å². The van der Waals surface area contributed by atoms with Crippen molar-refractivity contribution in [3.8, 4) is 5.75 Å². The predicted molar refractivity (Wildman–Crippen MR) is 126 cm³/mol. The van der Waals surface area contributed by atoms with Gasteiger partial charge in [0.25, 0.3) is 5.91 Å². The zero-order chi connectivity index (χ0) is 24.5. The molecule has 0 spiro atoms. The Bertz CT molecular complexity index is 1210. The molecule has 2 heterocycles. The van der Waals surface area contributed by atoms with E-state index in [9.17, 15) is 19.2 Å². The van der Waals surface area contributed by atoms with E-state index < -0.39 is 11.9 Å². The molecule has 1 atom stereocenters. The van der Waals surface area contributed by atoms with Crippen LogP contribution in [0.2, 0.25) is 0 Å². The summed E-state index contributed by atoms with van der Waals surface area (Å²) in [6, 6.07) is 10.2. The molecule has 4 amide bonds. The smallest absolute Gasteiger partial charge is 0.255 e. The number of ether oxygens (including phenoxy) is 1. The highest BCUT2D eigenvalue weighted by molar-refractivity contribution is 6.05. The molecule has 182 valence electrons. The van der Waals surface area contributed by atoms with E-state index in [-0.39, 0.29) is 50.3 Å². The highest BCUT2D eigenvalue weighted by Crippen LogP contribution is 2.45. The number of nitrogens with one attached hydrogen (secondary N) is 2. The summed E-state index contributed by atoms with van der Waals surface area (Å²) in [5.41, 5.74) is 3.75. The third-order valence-electron chi connectivity index (χ3n) is 6.62. The number of benzene rings is 2. The minimum absolute atomic E-state index is 0.0809. The Labute approximate surface area is 202 Å². The number of rotatable bonds is 8. The Morgan fingerprint density at radius 3 is 2.69 bits per heavy atom. The molecule has 0 aromatic heterocycles. The van der Waals surface area contributed by atoms with E-state index in [1.807, 2.05) is 18.2 Å². The van der Waals surface area contributed by atoms with Crippen LogP contribution in [0.15, 0.2) is 36.4 Å². The number of aliphatic hydroxyl groups excluding tert-OH is 1. The van der Waals surface area contributed by atoms with Gasteiger partial charge in [-0.3, -0.25) is 24.5 Å². The van der Waals surface area contributed by atoms with Gasteiger partial charge in [0.1, 0.15) is 18.4 Å². The molecule has 1 saturated carbocycles. The van der Waals surface area contributed by atoms with E-state index >= 15 is 0 Å². The Hall–Kier alpha value is -3.72. The molecule has 2 fully saturated rings. The van der Waals surface area contributed by atoms with Crippen molar-refractivity contribution in [2.45, 2.75) is 50.6 Å². The quantitative estimate of drug-likeness (QED) is 0.499. The molecule has 35 heavy (non-hydrogen) atoms. The summed E-state index contributed by atoms with van der Waals surface area (Å²) in [7, 11) is 0. The number of carbonyl (C=O) groups excluding carboxylic acids is 4. The topological polar surface area (TPSA) is 125 Å². The minimum atomic E-state index is -0.666. The van der Waals surface area contributed by atoms with Gasteiger partial charge >= 0.3 is 0 Å². The van der Waals surface area contributed by atoms with Crippen molar-refractivity contribution >= 4 is 29.3 Å². The molecular formula is C26H27N3O6. The third-order valence-corrected chi connectivity index (χ3v) is 6.62. The molecule has 0 bridgehead atoms. The predicted octanol–water partition coefficient (Wildman–Crippen LogP) is 1.88. The van der Waals surface area contributed by atoms with E-state index in [1.165, 1.54) is 4.90 Å². The van der Waals surface area contributed by atoms with Crippen molar-refractivity contribution in [1.29, 1.82) is 0 Å². The van der Waals surface area contributed by atoms with Gasteiger partial charge < -0.3 is 20.1 Å². The maximum Gasteiger partial charge on any atom is 0.255 e. The Morgan fingerprint density at radius 1 is 1.11 bits per heavy atom. The highest BCUT2D eigenvalue weighted by Gasteiger charge is 2.39. The fourth-order valence-electron chi connectivity index (χ4n) is 4.75. The number of anilines is 1. The third kappa shape index (κ3) is 4.90. The van der Waals surface area contributed by atoms with Crippen LogP contribution in [-0.4, -0.2) is 52.9 Å². The van der Waals surface area contributed by atoms with Crippen LogP contribution in [0.25, 0.3) is 0 Å². The number of piperidine rings is 1. The normalized spacial score (nSPS) is 19.4. The van der Waals surface area contributed by atoms with Crippen molar-refractivity contribution in [3.63, 3.8) is 0 Å². The van der Waals surface area contributed by atoms with Crippen molar-refractivity contribution in [1.82, 2.24) is 10.2 Å². The summed E-state index contributed by atoms with van der Waals surface area (Å²) < 4.78 is 5.68. The second-order valence-electron chi connectivity index (χ2n) is 9.22. The number of fused-ring (bicyclic) bond motifs is 1. The zero-order valence-electron chi connectivity index (χ0n) is 19.2. The monoisotopic (exact) mass is 477 g/mol. The summed E-state index contributed by atoms with van der Waals surface area (Å²) in [6.45, 7) is 0.382. The molecule has 0 radical (unpaired) electrons. The second kappa shape index (κ2) is 9.50. The second-order valence-corrected chi connectivity index (χ2v) is 9.22. The van der Waals surface area contributed by atoms with Gasteiger partial charge in [0.05, 0.1) is 13.0 Å². The van der Waals surface area contributed by atoms with Crippen molar-refractivity contribution in [2.75, 3.05) is 18.5 Å². The number of nitrogens with zero attached hydrogens (tertiary/aromatic N) is 1. The lowest BCUT2D eigenvalue weighted by atomic mass is 10.0. The van der Waals surface area contributed by atoms with Crippen LogP contribution in [-0.2, 0) is 27.3 Å². The van der Waals surface area contributed by atoms with Crippen LogP contribution < -0.4 is 15.4 Å². The SMILES string of the molecule is O=C1CCC(N2Cc3cc(CC(=O)Nc4ccc(C5CC5)c(OCCO)c4)ccc3C2=O)C(=O)N1. The van der Waals surface area contributed by atoms with Crippen LogP contribution >= 0.6 is 0 Å². The van der Waals surface area contributed by atoms with Gasteiger partial charge in [-0.15, -0.1) is 0 Å². The van der Waals surface area contributed by atoms with E-state index in [0.29, 0.717) is 29.3 Å². The highest BCUT2D eigenvalue weighted by atomic mass is 16.5.